The molecule has 1 N–H and O–H groups in total. The minimum absolute atomic E-state index is 0.00779. The maximum Gasteiger partial charge on any atom is 0.257 e. The van der Waals surface area contributed by atoms with Crippen molar-refractivity contribution in [3.63, 3.8) is 0 Å². The SMILES string of the molecule is O=C(Nc1c(Cl)ncnc1Cl)c1ccc(F)cc1Cl. The van der Waals surface area contributed by atoms with Gasteiger partial charge in [0.05, 0.1) is 10.6 Å². The molecule has 1 aromatic carbocycles. The summed E-state index contributed by atoms with van der Waals surface area (Å²) in [5.41, 5.74) is 0.148. The number of hydrogen-bond donors (Lipinski definition) is 1. The van der Waals surface area contributed by atoms with E-state index in [9.17, 15) is 9.18 Å². The van der Waals surface area contributed by atoms with Crippen molar-refractivity contribution < 1.29 is 9.18 Å². The summed E-state index contributed by atoms with van der Waals surface area (Å²) in [4.78, 5) is 19.3. The topological polar surface area (TPSA) is 54.9 Å². The molecule has 0 aliphatic rings. The first-order chi connectivity index (χ1) is 8.99. The lowest BCUT2D eigenvalue weighted by Gasteiger charge is -2.08. The third-order valence-corrected chi connectivity index (χ3v) is 3.05. The van der Waals surface area contributed by atoms with Crippen molar-refractivity contribution in [3.8, 4) is 0 Å². The zero-order valence-corrected chi connectivity index (χ0v) is 11.4. The Morgan fingerprint density at radius 1 is 1.16 bits per heavy atom. The molecule has 1 heterocycles. The molecule has 2 rings (SSSR count). The van der Waals surface area contributed by atoms with Gasteiger partial charge in [-0.05, 0) is 18.2 Å². The fraction of sp³-hybridized carbons (Fsp3) is 0. The smallest absolute Gasteiger partial charge is 0.257 e. The van der Waals surface area contributed by atoms with Crippen molar-refractivity contribution in [1.29, 1.82) is 0 Å². The maximum absolute atomic E-state index is 12.9. The Bertz CT molecular complexity index is 631. The molecular formula is C11H5Cl3FN3O. The molecule has 0 bridgehead atoms. The van der Waals surface area contributed by atoms with Gasteiger partial charge < -0.3 is 5.32 Å². The Balaban J connectivity index is 2.31. The summed E-state index contributed by atoms with van der Waals surface area (Å²) >= 11 is 17.3. The van der Waals surface area contributed by atoms with Gasteiger partial charge in [0.1, 0.15) is 17.8 Å². The Kier molecular flexibility index (Phi) is 4.19. The molecular weight excluding hydrogens is 315 g/mol. The van der Waals surface area contributed by atoms with Crippen LogP contribution in [0.25, 0.3) is 0 Å². The molecule has 0 radical (unpaired) electrons. The fourth-order valence-electron chi connectivity index (χ4n) is 1.30. The van der Waals surface area contributed by atoms with Gasteiger partial charge in [-0.25, -0.2) is 14.4 Å². The predicted octanol–water partition coefficient (Wildman–Crippen LogP) is 3.83. The number of rotatable bonds is 2. The summed E-state index contributed by atoms with van der Waals surface area (Å²) in [6, 6.07) is 3.39. The normalized spacial score (nSPS) is 10.3. The van der Waals surface area contributed by atoms with Crippen LogP contribution in [0.15, 0.2) is 24.5 Å². The third-order valence-electron chi connectivity index (χ3n) is 2.17. The lowest BCUT2D eigenvalue weighted by atomic mass is 10.2. The number of anilines is 1. The van der Waals surface area contributed by atoms with Gasteiger partial charge >= 0.3 is 0 Å². The van der Waals surface area contributed by atoms with E-state index in [1.807, 2.05) is 0 Å². The van der Waals surface area contributed by atoms with E-state index in [2.05, 4.69) is 15.3 Å². The molecule has 1 aromatic heterocycles. The third kappa shape index (κ3) is 3.12. The zero-order chi connectivity index (χ0) is 14.0. The molecule has 19 heavy (non-hydrogen) atoms. The highest BCUT2D eigenvalue weighted by molar-refractivity contribution is 6.39. The van der Waals surface area contributed by atoms with Crippen LogP contribution in [0.5, 0.6) is 0 Å². The lowest BCUT2D eigenvalue weighted by molar-refractivity contribution is 0.102. The molecule has 4 nitrogen and oxygen atoms in total. The van der Waals surface area contributed by atoms with Gasteiger partial charge in [-0.2, -0.15) is 0 Å². The molecule has 2 aromatic rings. The largest absolute Gasteiger partial charge is 0.317 e. The Hall–Kier alpha value is -1.43. The summed E-state index contributed by atoms with van der Waals surface area (Å²) in [5, 5.41) is 2.38. The van der Waals surface area contributed by atoms with Crippen molar-refractivity contribution in [1.82, 2.24) is 9.97 Å². The lowest BCUT2D eigenvalue weighted by Crippen LogP contribution is -2.14. The van der Waals surface area contributed by atoms with Gasteiger partial charge in [-0.15, -0.1) is 0 Å². The molecule has 0 aliphatic carbocycles. The number of aromatic nitrogens is 2. The average molecular weight is 321 g/mol. The summed E-state index contributed by atoms with van der Waals surface area (Å²) in [5.74, 6) is -1.13. The van der Waals surface area contributed by atoms with Crippen LogP contribution in [-0.2, 0) is 0 Å². The van der Waals surface area contributed by atoms with E-state index >= 15 is 0 Å². The van der Waals surface area contributed by atoms with Crippen molar-refractivity contribution >= 4 is 46.4 Å². The van der Waals surface area contributed by atoms with E-state index in [4.69, 9.17) is 34.8 Å². The van der Waals surface area contributed by atoms with E-state index < -0.39 is 11.7 Å². The molecule has 0 aliphatic heterocycles. The van der Waals surface area contributed by atoms with Crippen LogP contribution in [0.3, 0.4) is 0 Å². The highest BCUT2D eigenvalue weighted by Crippen LogP contribution is 2.27. The number of nitrogens with zero attached hydrogens (tertiary/aromatic N) is 2. The Labute approximate surface area is 122 Å². The molecule has 0 saturated carbocycles. The molecule has 0 atom stereocenters. The van der Waals surface area contributed by atoms with E-state index in [1.165, 1.54) is 6.07 Å². The second-order valence-electron chi connectivity index (χ2n) is 3.41. The first-order valence-corrected chi connectivity index (χ1v) is 6.05. The van der Waals surface area contributed by atoms with E-state index in [-0.39, 0.29) is 26.6 Å². The molecule has 8 heteroatoms. The van der Waals surface area contributed by atoms with E-state index in [0.717, 1.165) is 18.5 Å². The second kappa shape index (κ2) is 5.69. The van der Waals surface area contributed by atoms with Crippen LogP contribution in [0.1, 0.15) is 10.4 Å². The minimum Gasteiger partial charge on any atom is -0.317 e. The number of carbonyl (C=O) groups excluding carboxylic acids is 1. The van der Waals surface area contributed by atoms with Gasteiger partial charge in [0.2, 0.25) is 0 Å². The second-order valence-corrected chi connectivity index (χ2v) is 4.53. The van der Waals surface area contributed by atoms with Crippen LogP contribution in [0, 0.1) is 5.82 Å². The van der Waals surface area contributed by atoms with Gasteiger partial charge in [-0.1, -0.05) is 34.8 Å². The fourth-order valence-corrected chi connectivity index (χ4v) is 1.96. The zero-order valence-electron chi connectivity index (χ0n) is 9.12. The number of benzene rings is 1. The highest BCUT2D eigenvalue weighted by atomic mass is 35.5. The van der Waals surface area contributed by atoms with Crippen LogP contribution in [-0.4, -0.2) is 15.9 Å². The molecule has 0 unspecified atom stereocenters. The van der Waals surface area contributed by atoms with Crippen molar-refractivity contribution in [2.24, 2.45) is 0 Å². The van der Waals surface area contributed by atoms with E-state index in [1.54, 1.807) is 0 Å². The molecule has 98 valence electrons. The molecule has 0 spiro atoms. The summed E-state index contributed by atoms with van der Waals surface area (Å²) in [7, 11) is 0. The highest BCUT2D eigenvalue weighted by Gasteiger charge is 2.15. The molecule has 0 saturated heterocycles. The molecule has 0 fully saturated rings. The van der Waals surface area contributed by atoms with Crippen LogP contribution in [0.4, 0.5) is 10.1 Å². The number of carbonyl (C=O) groups is 1. The minimum atomic E-state index is -0.594. The van der Waals surface area contributed by atoms with Crippen molar-refractivity contribution in [2.75, 3.05) is 5.32 Å². The maximum atomic E-state index is 12.9. The van der Waals surface area contributed by atoms with Gasteiger partial charge in [0, 0.05) is 0 Å². The van der Waals surface area contributed by atoms with Gasteiger partial charge in [0.15, 0.2) is 10.3 Å². The average Bonchev–Trinajstić information content (AvgIpc) is 2.33. The summed E-state index contributed by atoms with van der Waals surface area (Å²) in [6.45, 7) is 0. The van der Waals surface area contributed by atoms with Crippen LogP contribution >= 0.6 is 34.8 Å². The number of amides is 1. The molecule has 1 amide bonds. The van der Waals surface area contributed by atoms with Gasteiger partial charge in [0.25, 0.3) is 5.91 Å². The van der Waals surface area contributed by atoms with Gasteiger partial charge in [-0.3, -0.25) is 4.79 Å². The van der Waals surface area contributed by atoms with Crippen LogP contribution < -0.4 is 5.32 Å². The Morgan fingerprint density at radius 3 is 2.37 bits per heavy atom. The number of nitrogens with one attached hydrogen (secondary N) is 1. The van der Waals surface area contributed by atoms with Crippen molar-refractivity contribution in [3.05, 3.63) is 51.2 Å². The summed E-state index contributed by atoms with van der Waals surface area (Å²) in [6.07, 6.45) is 1.16. The van der Waals surface area contributed by atoms with Crippen LogP contribution in [0.2, 0.25) is 15.3 Å². The first kappa shape index (κ1) is 14.0. The monoisotopic (exact) mass is 319 g/mol. The Morgan fingerprint density at radius 2 is 1.79 bits per heavy atom. The quantitative estimate of drug-likeness (QED) is 0.856. The predicted molar refractivity (Wildman–Crippen MR) is 71.4 cm³/mol. The number of halogens is 4. The van der Waals surface area contributed by atoms with E-state index in [0.29, 0.717) is 0 Å². The number of hydrogen-bond acceptors (Lipinski definition) is 3. The standard InChI is InChI=1S/C11H5Cl3FN3O/c12-7-3-5(15)1-2-6(7)11(19)18-8-9(13)16-4-17-10(8)14/h1-4H,(H,18,19). The summed E-state index contributed by atoms with van der Waals surface area (Å²) < 4.78 is 12.9. The van der Waals surface area contributed by atoms with Crippen molar-refractivity contribution in [2.45, 2.75) is 0 Å². The first-order valence-electron chi connectivity index (χ1n) is 4.91.